The summed E-state index contributed by atoms with van der Waals surface area (Å²) in [6.07, 6.45) is 0. The van der Waals surface area contributed by atoms with Crippen LogP contribution in [0.2, 0.25) is 0 Å². The van der Waals surface area contributed by atoms with Gasteiger partial charge >= 0.3 is 12.8 Å². The van der Waals surface area contributed by atoms with Crippen LogP contribution in [0.25, 0.3) is 0 Å². The van der Waals surface area contributed by atoms with Crippen LogP contribution in [-0.4, -0.2) is 24.9 Å². The molecule has 0 heterocycles. The summed E-state index contributed by atoms with van der Waals surface area (Å²) >= 11 is 1.14. The van der Waals surface area contributed by atoms with Crippen molar-refractivity contribution in [1.29, 1.82) is 0 Å². The lowest BCUT2D eigenvalue weighted by atomic mass is 10.2. The maximum absolute atomic E-state index is 12.8. The van der Waals surface area contributed by atoms with Gasteiger partial charge in [0.1, 0.15) is 11.3 Å². The van der Waals surface area contributed by atoms with Crippen molar-refractivity contribution in [3.05, 3.63) is 29.8 Å². The SMILES string of the molecule is CCOC(=O)c1ccccc1OP(=O)(OCC)SCC(C)C. The molecular formula is C15H23O5PS. The Bertz CT molecular complexity index is 532. The van der Waals surface area contributed by atoms with E-state index in [2.05, 4.69) is 0 Å². The molecule has 0 fully saturated rings. The fraction of sp³-hybridized carbons (Fsp3) is 0.533. The van der Waals surface area contributed by atoms with Gasteiger partial charge in [-0.1, -0.05) is 26.0 Å². The zero-order valence-corrected chi connectivity index (χ0v) is 15.1. The average molecular weight is 346 g/mol. The predicted octanol–water partition coefficient (Wildman–Crippen LogP) is 4.78. The molecule has 22 heavy (non-hydrogen) atoms. The highest BCUT2D eigenvalue weighted by molar-refractivity contribution is 8.55. The highest BCUT2D eigenvalue weighted by atomic mass is 32.7. The minimum Gasteiger partial charge on any atom is -0.462 e. The van der Waals surface area contributed by atoms with E-state index in [-0.39, 0.29) is 24.5 Å². The lowest BCUT2D eigenvalue weighted by Gasteiger charge is -2.19. The van der Waals surface area contributed by atoms with E-state index in [4.69, 9.17) is 13.8 Å². The number of para-hydroxylation sites is 1. The first kappa shape index (κ1) is 19.1. The molecule has 0 aromatic heterocycles. The number of hydrogen-bond donors (Lipinski definition) is 0. The zero-order valence-electron chi connectivity index (χ0n) is 13.4. The van der Waals surface area contributed by atoms with Crippen LogP contribution in [0.3, 0.4) is 0 Å². The van der Waals surface area contributed by atoms with Crippen molar-refractivity contribution in [3.8, 4) is 5.75 Å². The molecule has 0 aliphatic rings. The molecule has 0 spiro atoms. The second-order valence-corrected chi connectivity index (χ2v) is 8.91. The Labute approximate surface area is 136 Å². The highest BCUT2D eigenvalue weighted by Crippen LogP contribution is 2.60. The van der Waals surface area contributed by atoms with Crippen LogP contribution in [0.5, 0.6) is 5.75 Å². The van der Waals surface area contributed by atoms with Crippen molar-refractivity contribution in [2.24, 2.45) is 5.92 Å². The molecule has 7 heteroatoms. The molecule has 0 saturated carbocycles. The van der Waals surface area contributed by atoms with Gasteiger partial charge in [0.05, 0.1) is 13.2 Å². The van der Waals surface area contributed by atoms with Gasteiger partial charge in [-0.2, -0.15) is 0 Å². The van der Waals surface area contributed by atoms with E-state index in [9.17, 15) is 9.36 Å². The van der Waals surface area contributed by atoms with Gasteiger partial charge in [0, 0.05) is 5.75 Å². The molecule has 0 bridgehead atoms. The summed E-state index contributed by atoms with van der Waals surface area (Å²) in [4.78, 5) is 11.9. The molecule has 0 N–H and O–H groups in total. The van der Waals surface area contributed by atoms with Gasteiger partial charge in [0.2, 0.25) is 0 Å². The summed E-state index contributed by atoms with van der Waals surface area (Å²) < 4.78 is 28.7. The molecule has 124 valence electrons. The summed E-state index contributed by atoms with van der Waals surface area (Å²) in [5.41, 5.74) is 0.245. The molecule has 1 rings (SSSR count). The topological polar surface area (TPSA) is 61.8 Å². The third kappa shape index (κ3) is 6.03. The first-order valence-electron chi connectivity index (χ1n) is 7.26. The Morgan fingerprint density at radius 3 is 2.50 bits per heavy atom. The van der Waals surface area contributed by atoms with Crippen molar-refractivity contribution in [2.45, 2.75) is 27.7 Å². The second-order valence-electron chi connectivity index (χ2n) is 4.86. The maximum Gasteiger partial charge on any atom is 0.440 e. The Morgan fingerprint density at radius 2 is 1.91 bits per heavy atom. The number of hydrogen-bond acceptors (Lipinski definition) is 6. The fourth-order valence-corrected chi connectivity index (χ4v) is 5.29. The first-order chi connectivity index (χ1) is 10.4. The summed E-state index contributed by atoms with van der Waals surface area (Å²) in [5.74, 6) is 0.699. The molecule has 0 aliphatic carbocycles. The van der Waals surface area contributed by atoms with Gasteiger partial charge in [-0.25, -0.2) is 9.36 Å². The Hall–Kier alpha value is -0.970. The van der Waals surface area contributed by atoms with E-state index >= 15 is 0 Å². The Balaban J connectivity index is 2.98. The number of benzene rings is 1. The lowest BCUT2D eigenvalue weighted by molar-refractivity contribution is 0.0524. The molecule has 0 saturated heterocycles. The summed E-state index contributed by atoms with van der Waals surface area (Å²) in [5, 5.41) is 0. The van der Waals surface area contributed by atoms with Gasteiger partial charge in [-0.05, 0) is 43.3 Å². The third-order valence-electron chi connectivity index (χ3n) is 2.45. The summed E-state index contributed by atoms with van der Waals surface area (Å²) in [6, 6.07) is 6.58. The van der Waals surface area contributed by atoms with Crippen molar-refractivity contribution < 1.29 is 23.1 Å². The monoisotopic (exact) mass is 346 g/mol. The third-order valence-corrected chi connectivity index (χ3v) is 6.51. The van der Waals surface area contributed by atoms with Crippen LogP contribution >= 0.6 is 18.2 Å². The molecule has 1 unspecified atom stereocenters. The standard InChI is InChI=1S/C15H23O5PS/c1-5-18-15(16)13-9-7-8-10-14(13)20-21(17,19-6-2)22-11-12(3)4/h7-10,12H,5-6,11H2,1-4H3. The number of esters is 1. The summed E-state index contributed by atoms with van der Waals surface area (Å²) in [7, 11) is 0. The van der Waals surface area contributed by atoms with Gasteiger partial charge < -0.3 is 9.26 Å². The van der Waals surface area contributed by atoms with E-state index in [1.807, 2.05) is 13.8 Å². The maximum atomic E-state index is 12.8. The smallest absolute Gasteiger partial charge is 0.440 e. The van der Waals surface area contributed by atoms with E-state index in [1.54, 1.807) is 38.1 Å². The predicted molar refractivity (Wildman–Crippen MR) is 89.6 cm³/mol. The zero-order chi connectivity index (χ0) is 16.6. The molecule has 0 aliphatic heterocycles. The molecule has 1 aromatic rings. The molecule has 1 atom stereocenters. The van der Waals surface area contributed by atoms with Crippen LogP contribution in [0.4, 0.5) is 0 Å². The number of ether oxygens (including phenoxy) is 1. The molecular weight excluding hydrogens is 323 g/mol. The Morgan fingerprint density at radius 1 is 1.23 bits per heavy atom. The quantitative estimate of drug-likeness (QED) is 0.474. The van der Waals surface area contributed by atoms with Crippen molar-refractivity contribution in [2.75, 3.05) is 19.0 Å². The average Bonchev–Trinajstić information content (AvgIpc) is 2.46. The number of carbonyl (C=O) groups excluding carboxylic acids is 1. The number of rotatable bonds is 9. The van der Waals surface area contributed by atoms with E-state index in [1.165, 1.54) is 0 Å². The molecule has 0 amide bonds. The van der Waals surface area contributed by atoms with Crippen LogP contribution in [0.1, 0.15) is 38.1 Å². The van der Waals surface area contributed by atoms with E-state index in [0.29, 0.717) is 11.7 Å². The van der Waals surface area contributed by atoms with E-state index < -0.39 is 12.8 Å². The number of carbonyl (C=O) groups is 1. The van der Waals surface area contributed by atoms with Crippen molar-refractivity contribution in [3.63, 3.8) is 0 Å². The molecule has 0 radical (unpaired) electrons. The molecule has 5 nitrogen and oxygen atoms in total. The van der Waals surface area contributed by atoms with Crippen LogP contribution in [-0.2, 0) is 13.8 Å². The molecule has 1 aromatic carbocycles. The fourth-order valence-electron chi connectivity index (χ4n) is 1.53. The van der Waals surface area contributed by atoms with Crippen LogP contribution < -0.4 is 4.52 Å². The van der Waals surface area contributed by atoms with Crippen molar-refractivity contribution in [1.82, 2.24) is 0 Å². The normalized spacial score (nSPS) is 13.7. The van der Waals surface area contributed by atoms with E-state index in [0.717, 1.165) is 11.4 Å². The largest absolute Gasteiger partial charge is 0.462 e. The van der Waals surface area contributed by atoms with Crippen LogP contribution in [0, 0.1) is 5.92 Å². The minimum atomic E-state index is -3.37. The van der Waals surface area contributed by atoms with Gasteiger partial charge in [-0.15, -0.1) is 0 Å². The lowest BCUT2D eigenvalue weighted by Crippen LogP contribution is -2.07. The second kappa shape index (κ2) is 9.23. The summed E-state index contributed by atoms with van der Waals surface area (Å²) in [6.45, 7) is 4.69. The van der Waals surface area contributed by atoms with Crippen molar-refractivity contribution >= 4 is 24.1 Å². The van der Waals surface area contributed by atoms with Gasteiger partial charge in [0.25, 0.3) is 0 Å². The first-order valence-corrected chi connectivity index (χ1v) is 10.4. The van der Waals surface area contributed by atoms with Crippen LogP contribution in [0.15, 0.2) is 24.3 Å². The van der Waals surface area contributed by atoms with Gasteiger partial charge in [0.15, 0.2) is 0 Å². The highest BCUT2D eigenvalue weighted by Gasteiger charge is 2.29. The van der Waals surface area contributed by atoms with Gasteiger partial charge in [-0.3, -0.25) is 4.52 Å². The Kier molecular flexibility index (Phi) is 8.01. The minimum absolute atomic E-state index is 0.217.